The van der Waals surface area contributed by atoms with Crippen LogP contribution in [0.25, 0.3) is 0 Å². The Labute approximate surface area is 100 Å². The number of nitrogens with zero attached hydrogens (tertiary/aromatic N) is 1. The van der Waals surface area contributed by atoms with Crippen LogP contribution in [-0.4, -0.2) is 12.1 Å². The molecule has 0 spiro atoms. The highest BCUT2D eigenvalue weighted by Crippen LogP contribution is 2.31. The molecule has 0 heterocycles. The monoisotopic (exact) mass is 222 g/mol. The minimum atomic E-state index is -0.228. The van der Waals surface area contributed by atoms with Gasteiger partial charge in [0.2, 0.25) is 0 Å². The van der Waals surface area contributed by atoms with E-state index in [0.29, 0.717) is 5.92 Å². The molecule has 0 amide bonds. The van der Waals surface area contributed by atoms with E-state index in [4.69, 9.17) is 0 Å². The summed E-state index contributed by atoms with van der Waals surface area (Å²) in [5.74, 6) is 1.46. The van der Waals surface area contributed by atoms with Crippen LogP contribution in [0.15, 0.2) is 0 Å². The molecule has 2 nitrogen and oxygen atoms in total. The van der Waals surface area contributed by atoms with Crippen LogP contribution in [0.3, 0.4) is 0 Å². The molecule has 2 unspecified atom stereocenters. The zero-order valence-corrected chi connectivity index (χ0v) is 11.1. The topological polar surface area (TPSA) is 35.8 Å². The predicted molar refractivity (Wildman–Crippen MR) is 68.1 cm³/mol. The first-order valence-corrected chi connectivity index (χ1v) is 6.78. The summed E-state index contributed by atoms with van der Waals surface area (Å²) in [7, 11) is 0. The fraction of sp³-hybridized carbons (Fsp3) is 0.929. The summed E-state index contributed by atoms with van der Waals surface area (Å²) in [5, 5.41) is 12.9. The molecule has 1 rings (SSSR count). The molecule has 0 saturated heterocycles. The first kappa shape index (κ1) is 13.5. The number of rotatable bonds is 4. The van der Waals surface area contributed by atoms with Crippen molar-refractivity contribution in [3.8, 4) is 6.07 Å². The lowest BCUT2D eigenvalue weighted by atomic mass is 9.90. The zero-order valence-electron chi connectivity index (χ0n) is 11.1. The van der Waals surface area contributed by atoms with Crippen LogP contribution < -0.4 is 5.32 Å². The molecule has 1 fully saturated rings. The highest BCUT2D eigenvalue weighted by Gasteiger charge is 2.32. The molecule has 92 valence electrons. The number of nitriles is 1. The zero-order chi connectivity index (χ0) is 12.0. The molecule has 1 saturated carbocycles. The minimum absolute atomic E-state index is 0.228. The highest BCUT2D eigenvalue weighted by molar-refractivity contribution is 5.08. The van der Waals surface area contributed by atoms with Crippen LogP contribution in [0.2, 0.25) is 0 Å². The highest BCUT2D eigenvalue weighted by atomic mass is 15.0. The standard InChI is InChI=1S/C14H26N2/c1-4-13-6-5-8-14(11-15,9-7-13)16-10-12(2)3/h12-13,16H,4-10H2,1-3H3. The quantitative estimate of drug-likeness (QED) is 0.739. The van der Waals surface area contributed by atoms with Gasteiger partial charge in [0.05, 0.1) is 6.07 Å². The maximum absolute atomic E-state index is 9.43. The van der Waals surface area contributed by atoms with Crippen molar-refractivity contribution >= 4 is 0 Å². The Morgan fingerprint density at radius 2 is 2.12 bits per heavy atom. The van der Waals surface area contributed by atoms with Crippen molar-refractivity contribution < 1.29 is 0 Å². The molecule has 0 bridgehead atoms. The van der Waals surface area contributed by atoms with Gasteiger partial charge in [0.25, 0.3) is 0 Å². The van der Waals surface area contributed by atoms with Crippen molar-refractivity contribution in [3.63, 3.8) is 0 Å². The van der Waals surface area contributed by atoms with Crippen LogP contribution in [-0.2, 0) is 0 Å². The van der Waals surface area contributed by atoms with Gasteiger partial charge in [-0.15, -0.1) is 0 Å². The van der Waals surface area contributed by atoms with E-state index in [9.17, 15) is 5.26 Å². The third-order valence-electron chi connectivity index (χ3n) is 3.84. The maximum Gasteiger partial charge on any atom is 0.106 e. The summed E-state index contributed by atoms with van der Waals surface area (Å²) in [4.78, 5) is 0. The number of hydrogen-bond acceptors (Lipinski definition) is 2. The van der Waals surface area contributed by atoms with E-state index in [2.05, 4.69) is 32.2 Å². The van der Waals surface area contributed by atoms with E-state index >= 15 is 0 Å². The van der Waals surface area contributed by atoms with E-state index in [1.807, 2.05) is 0 Å². The number of nitrogens with one attached hydrogen (secondary N) is 1. The summed E-state index contributed by atoms with van der Waals surface area (Å²) < 4.78 is 0. The Morgan fingerprint density at radius 3 is 2.69 bits per heavy atom. The van der Waals surface area contributed by atoms with Gasteiger partial charge in [-0.2, -0.15) is 5.26 Å². The van der Waals surface area contributed by atoms with E-state index in [1.54, 1.807) is 0 Å². The Kier molecular flexibility index (Phi) is 5.28. The molecule has 0 aromatic carbocycles. The summed E-state index contributed by atoms with van der Waals surface area (Å²) in [6, 6.07) is 2.55. The SMILES string of the molecule is CCC1CCCC(C#N)(NCC(C)C)CC1. The van der Waals surface area contributed by atoms with Crippen LogP contribution in [0.4, 0.5) is 0 Å². The van der Waals surface area contributed by atoms with Crippen molar-refractivity contribution in [1.82, 2.24) is 5.32 Å². The van der Waals surface area contributed by atoms with Crippen LogP contribution in [0.1, 0.15) is 59.3 Å². The fourth-order valence-corrected chi connectivity index (χ4v) is 2.55. The van der Waals surface area contributed by atoms with Gasteiger partial charge in [-0.3, -0.25) is 5.32 Å². The van der Waals surface area contributed by atoms with Gasteiger partial charge >= 0.3 is 0 Å². The summed E-state index contributed by atoms with van der Waals surface area (Å²) in [6.45, 7) is 7.63. The van der Waals surface area contributed by atoms with Gasteiger partial charge in [-0.1, -0.05) is 40.0 Å². The molecule has 0 aliphatic heterocycles. The molecule has 16 heavy (non-hydrogen) atoms. The first-order valence-electron chi connectivity index (χ1n) is 6.78. The second-order valence-electron chi connectivity index (χ2n) is 5.67. The second-order valence-corrected chi connectivity index (χ2v) is 5.67. The summed E-state index contributed by atoms with van der Waals surface area (Å²) >= 11 is 0. The Hall–Kier alpha value is -0.550. The van der Waals surface area contributed by atoms with E-state index in [-0.39, 0.29) is 5.54 Å². The average Bonchev–Trinajstić information content (AvgIpc) is 2.49. The lowest BCUT2D eigenvalue weighted by Gasteiger charge is -2.27. The third-order valence-corrected chi connectivity index (χ3v) is 3.84. The minimum Gasteiger partial charge on any atom is -0.299 e. The lowest BCUT2D eigenvalue weighted by Crippen LogP contribution is -2.45. The molecule has 0 aromatic heterocycles. The summed E-state index contributed by atoms with van der Waals surface area (Å²) in [5.41, 5.74) is -0.228. The van der Waals surface area contributed by atoms with Crippen molar-refractivity contribution in [3.05, 3.63) is 0 Å². The Balaban J connectivity index is 2.55. The second kappa shape index (κ2) is 6.25. The Bertz CT molecular complexity index is 242. The van der Waals surface area contributed by atoms with Crippen LogP contribution in [0, 0.1) is 23.2 Å². The van der Waals surface area contributed by atoms with Crippen molar-refractivity contribution in [2.24, 2.45) is 11.8 Å². The average molecular weight is 222 g/mol. The molecule has 0 aromatic rings. The van der Waals surface area contributed by atoms with Gasteiger partial charge < -0.3 is 0 Å². The lowest BCUT2D eigenvalue weighted by molar-refractivity contribution is 0.339. The largest absolute Gasteiger partial charge is 0.299 e. The summed E-state index contributed by atoms with van der Waals surface area (Å²) in [6.07, 6.45) is 7.07. The number of hydrogen-bond donors (Lipinski definition) is 1. The van der Waals surface area contributed by atoms with Crippen LogP contribution in [0.5, 0.6) is 0 Å². The molecular formula is C14H26N2. The normalized spacial score (nSPS) is 31.1. The molecule has 0 radical (unpaired) electrons. The molecule has 1 aliphatic carbocycles. The molecule has 1 N–H and O–H groups in total. The predicted octanol–water partition coefficient (Wildman–Crippen LogP) is 3.48. The molecule has 1 aliphatic rings. The van der Waals surface area contributed by atoms with Gasteiger partial charge in [-0.05, 0) is 37.6 Å². The molecular weight excluding hydrogens is 196 g/mol. The van der Waals surface area contributed by atoms with E-state index in [0.717, 1.165) is 25.3 Å². The van der Waals surface area contributed by atoms with E-state index < -0.39 is 0 Å². The molecule has 2 atom stereocenters. The Morgan fingerprint density at radius 1 is 1.38 bits per heavy atom. The van der Waals surface area contributed by atoms with Crippen molar-refractivity contribution in [1.29, 1.82) is 5.26 Å². The van der Waals surface area contributed by atoms with Gasteiger partial charge in [0.1, 0.15) is 5.54 Å². The van der Waals surface area contributed by atoms with Gasteiger partial charge in [0, 0.05) is 0 Å². The van der Waals surface area contributed by atoms with E-state index in [1.165, 1.54) is 25.7 Å². The van der Waals surface area contributed by atoms with Crippen molar-refractivity contribution in [2.75, 3.05) is 6.54 Å². The van der Waals surface area contributed by atoms with Crippen LogP contribution >= 0.6 is 0 Å². The smallest absolute Gasteiger partial charge is 0.106 e. The molecule has 2 heteroatoms. The third kappa shape index (κ3) is 3.79. The van der Waals surface area contributed by atoms with Crippen molar-refractivity contribution in [2.45, 2.75) is 64.8 Å². The van der Waals surface area contributed by atoms with Gasteiger partial charge in [0.15, 0.2) is 0 Å². The van der Waals surface area contributed by atoms with Gasteiger partial charge in [-0.25, -0.2) is 0 Å². The fourth-order valence-electron chi connectivity index (χ4n) is 2.55. The maximum atomic E-state index is 9.43. The first-order chi connectivity index (χ1) is 7.62.